The summed E-state index contributed by atoms with van der Waals surface area (Å²) in [7, 11) is -3.72. The van der Waals surface area contributed by atoms with Crippen molar-refractivity contribution in [2.24, 2.45) is 0 Å². The molecule has 0 unspecified atom stereocenters. The molecular weight excluding hydrogens is 408 g/mol. The molecule has 0 heterocycles. The highest BCUT2D eigenvalue weighted by atomic mass is 35.5. The molecule has 7 heteroatoms. The highest BCUT2D eigenvalue weighted by Gasteiger charge is 2.33. The zero-order valence-electron chi connectivity index (χ0n) is 17.8. The van der Waals surface area contributed by atoms with Crippen molar-refractivity contribution in [1.29, 1.82) is 0 Å². The van der Waals surface area contributed by atoms with Gasteiger partial charge < -0.3 is 5.32 Å². The Morgan fingerprint density at radius 1 is 1.10 bits per heavy atom. The molecule has 1 amide bonds. The minimum absolute atomic E-state index is 0.252. The van der Waals surface area contributed by atoms with Gasteiger partial charge in [-0.15, -0.1) is 0 Å². The summed E-state index contributed by atoms with van der Waals surface area (Å²) >= 11 is 6.11. The molecule has 2 aromatic rings. The molecule has 2 aromatic carbocycles. The number of amides is 1. The Labute approximate surface area is 179 Å². The van der Waals surface area contributed by atoms with Gasteiger partial charge in [-0.1, -0.05) is 48.4 Å². The second kappa shape index (κ2) is 9.18. The number of rotatable bonds is 7. The van der Waals surface area contributed by atoms with E-state index >= 15 is 0 Å². The summed E-state index contributed by atoms with van der Waals surface area (Å²) < 4.78 is 26.5. The van der Waals surface area contributed by atoms with Gasteiger partial charge in [0, 0.05) is 5.02 Å². The molecular formula is C22H29ClN2O3S. The monoisotopic (exact) mass is 436 g/mol. The quantitative estimate of drug-likeness (QED) is 0.684. The maximum Gasteiger partial charge on any atom is 0.244 e. The molecule has 0 aromatic heterocycles. The molecule has 0 aliphatic rings. The number of nitrogens with zero attached hydrogens (tertiary/aromatic N) is 1. The van der Waals surface area contributed by atoms with Crippen LogP contribution in [0.3, 0.4) is 0 Å². The zero-order valence-corrected chi connectivity index (χ0v) is 19.4. The number of benzene rings is 2. The van der Waals surface area contributed by atoms with Crippen molar-refractivity contribution in [3.63, 3.8) is 0 Å². The summed E-state index contributed by atoms with van der Waals surface area (Å²) in [5.74, 6) is -0.342. The van der Waals surface area contributed by atoms with Crippen LogP contribution in [0.4, 0.5) is 5.69 Å². The number of carbonyl (C=O) groups is 1. The van der Waals surface area contributed by atoms with Gasteiger partial charge in [0.05, 0.1) is 18.0 Å². The summed E-state index contributed by atoms with van der Waals surface area (Å²) in [6.45, 7) is 9.49. The van der Waals surface area contributed by atoms with Crippen LogP contribution in [0.1, 0.15) is 48.6 Å². The lowest BCUT2D eigenvalue weighted by Crippen LogP contribution is -2.50. The summed E-state index contributed by atoms with van der Waals surface area (Å²) in [5.41, 5.74) is 4.33. The average Bonchev–Trinajstić information content (AvgIpc) is 2.62. The van der Waals surface area contributed by atoms with Gasteiger partial charge in [0.1, 0.15) is 6.04 Å². The number of carbonyl (C=O) groups excluding carboxylic acids is 1. The molecule has 0 radical (unpaired) electrons. The fraction of sp³-hybridized carbons (Fsp3) is 0.409. The van der Waals surface area contributed by atoms with E-state index in [4.69, 9.17) is 11.6 Å². The SMILES string of the molecule is CC[C@H](C(=O)N[C@H](C)c1cc(C)ccc1C)N(c1cc(Cl)ccc1C)S(C)(=O)=O. The Hall–Kier alpha value is -2.05. The van der Waals surface area contributed by atoms with Crippen LogP contribution in [0.25, 0.3) is 0 Å². The van der Waals surface area contributed by atoms with E-state index in [1.807, 2.05) is 39.0 Å². The van der Waals surface area contributed by atoms with Crippen molar-refractivity contribution < 1.29 is 13.2 Å². The lowest BCUT2D eigenvalue weighted by Gasteiger charge is -2.32. The van der Waals surface area contributed by atoms with Crippen molar-refractivity contribution in [3.8, 4) is 0 Å². The van der Waals surface area contributed by atoms with Crippen LogP contribution in [-0.2, 0) is 14.8 Å². The highest BCUT2D eigenvalue weighted by molar-refractivity contribution is 7.92. The summed E-state index contributed by atoms with van der Waals surface area (Å²) in [4.78, 5) is 13.2. The normalized spacial score (nSPS) is 13.6. The first kappa shape index (κ1) is 23.2. The van der Waals surface area contributed by atoms with Gasteiger partial charge in [-0.05, 0) is 62.9 Å². The Bertz CT molecular complexity index is 1010. The number of sulfonamides is 1. The molecule has 1 N–H and O–H groups in total. The van der Waals surface area contributed by atoms with E-state index in [2.05, 4.69) is 5.32 Å². The van der Waals surface area contributed by atoms with Crippen molar-refractivity contribution in [2.75, 3.05) is 10.6 Å². The van der Waals surface area contributed by atoms with E-state index in [0.29, 0.717) is 17.1 Å². The highest BCUT2D eigenvalue weighted by Crippen LogP contribution is 2.29. The summed E-state index contributed by atoms with van der Waals surface area (Å²) in [6, 6.07) is 9.98. The van der Waals surface area contributed by atoms with E-state index in [1.54, 1.807) is 32.0 Å². The van der Waals surface area contributed by atoms with Crippen molar-refractivity contribution in [1.82, 2.24) is 5.32 Å². The minimum atomic E-state index is -3.72. The van der Waals surface area contributed by atoms with Crippen LogP contribution < -0.4 is 9.62 Å². The van der Waals surface area contributed by atoms with Crippen LogP contribution in [0.5, 0.6) is 0 Å². The van der Waals surface area contributed by atoms with E-state index < -0.39 is 16.1 Å². The van der Waals surface area contributed by atoms with E-state index in [9.17, 15) is 13.2 Å². The fourth-order valence-corrected chi connectivity index (χ4v) is 4.90. The Morgan fingerprint density at radius 2 is 1.72 bits per heavy atom. The standard InChI is InChI=1S/C22H29ClN2O3S/c1-7-20(22(26)24-17(5)19-12-14(2)8-9-15(19)3)25(29(6,27)28)21-13-18(23)11-10-16(21)4/h8-13,17,20H,7H2,1-6H3,(H,24,26)/t17-,20-/m1/s1. The molecule has 0 saturated heterocycles. The van der Waals surface area contributed by atoms with Crippen LogP contribution in [-0.4, -0.2) is 26.6 Å². The van der Waals surface area contributed by atoms with Crippen LogP contribution in [0, 0.1) is 20.8 Å². The molecule has 29 heavy (non-hydrogen) atoms. The van der Waals surface area contributed by atoms with Crippen LogP contribution in [0.15, 0.2) is 36.4 Å². The largest absolute Gasteiger partial charge is 0.348 e. The lowest BCUT2D eigenvalue weighted by molar-refractivity contribution is -0.122. The molecule has 0 fully saturated rings. The molecule has 158 valence electrons. The maximum absolute atomic E-state index is 13.2. The van der Waals surface area contributed by atoms with Crippen molar-refractivity contribution in [3.05, 3.63) is 63.7 Å². The Morgan fingerprint density at radius 3 is 2.31 bits per heavy atom. The first-order valence-electron chi connectivity index (χ1n) is 9.58. The van der Waals surface area contributed by atoms with Crippen molar-refractivity contribution in [2.45, 2.75) is 53.1 Å². The van der Waals surface area contributed by atoms with E-state index in [0.717, 1.165) is 28.5 Å². The van der Waals surface area contributed by atoms with Gasteiger partial charge >= 0.3 is 0 Å². The molecule has 2 rings (SSSR count). The number of nitrogens with one attached hydrogen (secondary N) is 1. The van der Waals surface area contributed by atoms with Crippen LogP contribution >= 0.6 is 11.6 Å². The van der Waals surface area contributed by atoms with E-state index in [-0.39, 0.29) is 11.9 Å². The van der Waals surface area contributed by atoms with Gasteiger partial charge in [0.25, 0.3) is 0 Å². The lowest BCUT2D eigenvalue weighted by atomic mass is 9.99. The maximum atomic E-state index is 13.2. The first-order valence-corrected chi connectivity index (χ1v) is 11.8. The molecule has 0 saturated carbocycles. The van der Waals surface area contributed by atoms with Crippen molar-refractivity contribution >= 4 is 33.2 Å². The molecule has 5 nitrogen and oxygen atoms in total. The summed E-state index contributed by atoms with van der Waals surface area (Å²) in [6.07, 6.45) is 1.43. The van der Waals surface area contributed by atoms with Gasteiger partial charge in [0.15, 0.2) is 0 Å². The Balaban J connectivity index is 2.41. The third-order valence-electron chi connectivity index (χ3n) is 5.00. The van der Waals surface area contributed by atoms with Gasteiger partial charge in [0.2, 0.25) is 15.9 Å². The third-order valence-corrected chi connectivity index (χ3v) is 6.40. The third kappa shape index (κ3) is 5.52. The fourth-order valence-electron chi connectivity index (χ4n) is 3.47. The molecule has 0 aliphatic carbocycles. The first-order chi connectivity index (χ1) is 13.5. The molecule has 0 aliphatic heterocycles. The second-order valence-electron chi connectivity index (χ2n) is 7.50. The average molecular weight is 437 g/mol. The van der Waals surface area contributed by atoms with E-state index in [1.165, 1.54) is 4.31 Å². The number of hydrogen-bond acceptors (Lipinski definition) is 3. The molecule has 2 atom stereocenters. The topological polar surface area (TPSA) is 66.5 Å². The number of halogens is 1. The number of aryl methyl sites for hydroxylation is 3. The predicted octanol–water partition coefficient (Wildman–Crippen LogP) is 4.69. The zero-order chi connectivity index (χ0) is 21.9. The van der Waals surface area contributed by atoms with Gasteiger partial charge in [-0.3, -0.25) is 9.10 Å². The molecule has 0 bridgehead atoms. The Kier molecular flexibility index (Phi) is 7.35. The summed E-state index contributed by atoms with van der Waals surface area (Å²) in [5, 5.41) is 3.41. The number of hydrogen-bond donors (Lipinski definition) is 1. The van der Waals surface area contributed by atoms with Gasteiger partial charge in [-0.2, -0.15) is 0 Å². The second-order valence-corrected chi connectivity index (χ2v) is 9.80. The smallest absolute Gasteiger partial charge is 0.244 e. The molecule has 0 spiro atoms. The van der Waals surface area contributed by atoms with Crippen LogP contribution in [0.2, 0.25) is 5.02 Å². The minimum Gasteiger partial charge on any atom is -0.348 e. The van der Waals surface area contributed by atoms with Gasteiger partial charge in [-0.25, -0.2) is 8.42 Å². The number of anilines is 1. The predicted molar refractivity (Wildman–Crippen MR) is 120 cm³/mol.